The Kier molecular flexibility index (Phi) is 7.31. The maximum atomic E-state index is 11.9. The molecule has 1 heterocycles. The fraction of sp³-hybridized carbons (Fsp3) is 0.625. The first-order valence-corrected chi connectivity index (χ1v) is 7.20. The van der Waals surface area contributed by atoms with Gasteiger partial charge in [0.1, 0.15) is 5.69 Å². The average molecular weight is 247 g/mol. The molecule has 0 aliphatic carbocycles. The second-order valence-electron chi connectivity index (χ2n) is 5.01. The molecular formula is C16H25NO. The van der Waals surface area contributed by atoms with E-state index in [1.54, 1.807) is 6.20 Å². The number of carbonyl (C=O) groups excluding carboxylic acids is 1. The molecule has 0 aliphatic rings. The van der Waals surface area contributed by atoms with Crippen molar-refractivity contribution in [3.63, 3.8) is 0 Å². The highest BCUT2D eigenvalue weighted by Crippen LogP contribution is 2.11. The van der Waals surface area contributed by atoms with Gasteiger partial charge < -0.3 is 0 Å². The van der Waals surface area contributed by atoms with Crippen LogP contribution >= 0.6 is 0 Å². The summed E-state index contributed by atoms with van der Waals surface area (Å²) in [6.07, 6.45) is 11.1. The molecule has 0 amide bonds. The number of unbranched alkanes of at least 4 members (excludes halogenated alkanes) is 6. The van der Waals surface area contributed by atoms with E-state index >= 15 is 0 Å². The van der Waals surface area contributed by atoms with Crippen LogP contribution in [-0.4, -0.2) is 10.8 Å². The van der Waals surface area contributed by atoms with Gasteiger partial charge in [-0.1, -0.05) is 45.4 Å². The second-order valence-corrected chi connectivity index (χ2v) is 5.01. The van der Waals surface area contributed by atoms with E-state index in [1.165, 1.54) is 38.5 Å². The normalized spacial score (nSPS) is 10.6. The van der Waals surface area contributed by atoms with Crippen molar-refractivity contribution in [1.29, 1.82) is 0 Å². The van der Waals surface area contributed by atoms with Gasteiger partial charge in [-0.2, -0.15) is 0 Å². The van der Waals surface area contributed by atoms with Crippen molar-refractivity contribution in [3.8, 4) is 0 Å². The third-order valence-corrected chi connectivity index (χ3v) is 3.21. The van der Waals surface area contributed by atoms with Gasteiger partial charge in [0, 0.05) is 12.6 Å². The van der Waals surface area contributed by atoms with Crippen LogP contribution in [0.2, 0.25) is 0 Å². The molecule has 0 atom stereocenters. The summed E-state index contributed by atoms with van der Waals surface area (Å²) in [4.78, 5) is 16.0. The number of ketones is 1. The Morgan fingerprint density at radius 3 is 2.44 bits per heavy atom. The molecule has 0 bridgehead atoms. The van der Waals surface area contributed by atoms with E-state index in [0.717, 1.165) is 12.0 Å². The zero-order valence-electron chi connectivity index (χ0n) is 11.7. The molecule has 0 radical (unpaired) electrons. The van der Waals surface area contributed by atoms with Crippen LogP contribution in [0.5, 0.6) is 0 Å². The van der Waals surface area contributed by atoms with Crippen LogP contribution in [0.3, 0.4) is 0 Å². The minimum Gasteiger partial charge on any atom is -0.292 e. The molecule has 2 heteroatoms. The van der Waals surface area contributed by atoms with Gasteiger partial charge in [-0.05, 0) is 31.0 Å². The fourth-order valence-electron chi connectivity index (χ4n) is 2.06. The van der Waals surface area contributed by atoms with E-state index in [4.69, 9.17) is 0 Å². The number of carbonyl (C=O) groups is 1. The van der Waals surface area contributed by atoms with Gasteiger partial charge in [0.2, 0.25) is 0 Å². The maximum absolute atomic E-state index is 11.9. The van der Waals surface area contributed by atoms with Crippen molar-refractivity contribution in [2.75, 3.05) is 0 Å². The number of pyridine rings is 1. The number of nitrogens with zero attached hydrogens (tertiary/aromatic N) is 1. The van der Waals surface area contributed by atoms with Crippen LogP contribution in [0, 0.1) is 6.92 Å². The molecule has 0 saturated heterocycles. The molecule has 0 aromatic carbocycles. The van der Waals surface area contributed by atoms with E-state index in [9.17, 15) is 4.79 Å². The summed E-state index contributed by atoms with van der Waals surface area (Å²) < 4.78 is 0. The number of aryl methyl sites for hydroxylation is 1. The van der Waals surface area contributed by atoms with Gasteiger partial charge in [0.15, 0.2) is 5.78 Å². The monoisotopic (exact) mass is 247 g/mol. The lowest BCUT2D eigenvalue weighted by molar-refractivity contribution is 0.0974. The van der Waals surface area contributed by atoms with Crippen molar-refractivity contribution >= 4 is 5.78 Å². The number of hydrogen-bond donors (Lipinski definition) is 0. The molecule has 0 N–H and O–H groups in total. The van der Waals surface area contributed by atoms with Gasteiger partial charge in [-0.3, -0.25) is 9.78 Å². The van der Waals surface area contributed by atoms with Crippen LogP contribution in [0.15, 0.2) is 18.3 Å². The summed E-state index contributed by atoms with van der Waals surface area (Å²) in [7, 11) is 0. The number of rotatable bonds is 9. The van der Waals surface area contributed by atoms with Gasteiger partial charge in [-0.15, -0.1) is 0 Å². The molecule has 0 fully saturated rings. The number of hydrogen-bond acceptors (Lipinski definition) is 2. The molecule has 1 rings (SSSR count). The fourth-order valence-corrected chi connectivity index (χ4v) is 2.06. The van der Waals surface area contributed by atoms with Crippen molar-refractivity contribution in [2.24, 2.45) is 0 Å². The Balaban J connectivity index is 2.14. The predicted octanol–water partition coefficient (Wildman–Crippen LogP) is 4.71. The largest absolute Gasteiger partial charge is 0.292 e. The Labute approximate surface area is 111 Å². The molecule has 0 saturated carbocycles. The Morgan fingerprint density at radius 1 is 1.11 bits per heavy atom. The Bertz CT molecular complexity index is 360. The first kappa shape index (κ1) is 14.9. The van der Waals surface area contributed by atoms with Gasteiger partial charge >= 0.3 is 0 Å². The SMILES string of the molecule is CCCCCCCCCC(=O)c1cc(C)ccn1. The van der Waals surface area contributed by atoms with E-state index in [0.29, 0.717) is 12.1 Å². The molecule has 2 nitrogen and oxygen atoms in total. The Hall–Kier alpha value is -1.18. The molecule has 0 aliphatic heterocycles. The van der Waals surface area contributed by atoms with E-state index < -0.39 is 0 Å². The van der Waals surface area contributed by atoms with E-state index in [2.05, 4.69) is 11.9 Å². The summed E-state index contributed by atoms with van der Waals surface area (Å²) in [5.74, 6) is 0.187. The summed E-state index contributed by atoms with van der Waals surface area (Å²) in [6, 6.07) is 3.80. The predicted molar refractivity (Wildman–Crippen MR) is 75.9 cm³/mol. The molecule has 1 aromatic rings. The Morgan fingerprint density at radius 2 is 1.78 bits per heavy atom. The summed E-state index contributed by atoms with van der Waals surface area (Å²) in [5, 5.41) is 0. The molecular weight excluding hydrogens is 222 g/mol. The van der Waals surface area contributed by atoms with Crippen LogP contribution in [0.25, 0.3) is 0 Å². The summed E-state index contributed by atoms with van der Waals surface area (Å²) >= 11 is 0. The molecule has 0 unspecified atom stereocenters. The average Bonchev–Trinajstić information content (AvgIpc) is 2.37. The quantitative estimate of drug-likeness (QED) is 0.467. The third-order valence-electron chi connectivity index (χ3n) is 3.21. The van der Waals surface area contributed by atoms with Crippen LogP contribution < -0.4 is 0 Å². The summed E-state index contributed by atoms with van der Waals surface area (Å²) in [5.41, 5.74) is 1.73. The molecule has 1 aromatic heterocycles. The highest BCUT2D eigenvalue weighted by Gasteiger charge is 2.06. The van der Waals surface area contributed by atoms with Crippen LogP contribution in [-0.2, 0) is 0 Å². The molecule has 0 spiro atoms. The standard InChI is InChI=1S/C16H25NO/c1-3-4-5-6-7-8-9-10-16(18)15-13-14(2)11-12-17-15/h11-13H,3-10H2,1-2H3. The minimum absolute atomic E-state index is 0.187. The zero-order chi connectivity index (χ0) is 13.2. The van der Waals surface area contributed by atoms with E-state index in [1.807, 2.05) is 19.1 Å². The van der Waals surface area contributed by atoms with E-state index in [-0.39, 0.29) is 5.78 Å². The lowest BCUT2D eigenvalue weighted by Crippen LogP contribution is -2.02. The van der Waals surface area contributed by atoms with Gasteiger partial charge in [-0.25, -0.2) is 0 Å². The third kappa shape index (κ3) is 5.95. The lowest BCUT2D eigenvalue weighted by Gasteiger charge is -2.02. The lowest BCUT2D eigenvalue weighted by atomic mass is 10.1. The minimum atomic E-state index is 0.187. The van der Waals surface area contributed by atoms with Gasteiger partial charge in [0.25, 0.3) is 0 Å². The highest BCUT2D eigenvalue weighted by molar-refractivity contribution is 5.94. The van der Waals surface area contributed by atoms with Crippen molar-refractivity contribution in [3.05, 3.63) is 29.6 Å². The second kappa shape index (κ2) is 8.84. The summed E-state index contributed by atoms with van der Waals surface area (Å²) in [6.45, 7) is 4.22. The first-order chi connectivity index (χ1) is 8.74. The topological polar surface area (TPSA) is 30.0 Å². The number of aromatic nitrogens is 1. The zero-order valence-corrected chi connectivity index (χ0v) is 11.7. The van der Waals surface area contributed by atoms with Crippen molar-refractivity contribution < 1.29 is 4.79 Å². The molecule has 18 heavy (non-hydrogen) atoms. The van der Waals surface area contributed by atoms with Crippen molar-refractivity contribution in [1.82, 2.24) is 4.98 Å². The van der Waals surface area contributed by atoms with Gasteiger partial charge in [0.05, 0.1) is 0 Å². The highest BCUT2D eigenvalue weighted by atomic mass is 16.1. The van der Waals surface area contributed by atoms with Crippen LogP contribution in [0.4, 0.5) is 0 Å². The maximum Gasteiger partial charge on any atom is 0.181 e. The van der Waals surface area contributed by atoms with Crippen molar-refractivity contribution in [2.45, 2.75) is 65.2 Å². The number of Topliss-reactive ketones (excluding diaryl/α,β-unsaturated/α-hetero) is 1. The smallest absolute Gasteiger partial charge is 0.181 e. The van der Waals surface area contributed by atoms with Crippen LogP contribution in [0.1, 0.15) is 74.3 Å². The molecule has 100 valence electrons. The first-order valence-electron chi connectivity index (χ1n) is 7.20.